The second-order valence-electron chi connectivity index (χ2n) is 4.06. The van der Waals surface area contributed by atoms with Gasteiger partial charge in [-0.1, -0.05) is 12.1 Å². The zero-order valence-corrected chi connectivity index (χ0v) is 11.0. The number of aryl methyl sites for hydroxylation is 1. The minimum absolute atomic E-state index is 0.0897. The number of carbonyl (C=O) groups excluding carboxylic acids is 1. The maximum atomic E-state index is 12.4. The van der Waals surface area contributed by atoms with Gasteiger partial charge in [0.2, 0.25) is 0 Å². The van der Waals surface area contributed by atoms with Gasteiger partial charge in [-0.25, -0.2) is 4.98 Å². The molecule has 0 spiro atoms. The molecule has 0 aliphatic rings. The van der Waals surface area contributed by atoms with E-state index in [9.17, 15) is 18.0 Å². The molecule has 0 radical (unpaired) electrons. The van der Waals surface area contributed by atoms with Crippen molar-refractivity contribution in [2.75, 3.05) is 0 Å². The molecule has 0 aliphatic heterocycles. The number of carbonyl (C=O) groups is 1. The fraction of sp³-hybridized carbons (Fsp3) is 0.231. The largest absolute Gasteiger partial charge is 0.416 e. The number of alkyl halides is 3. The summed E-state index contributed by atoms with van der Waals surface area (Å²) in [5.74, 6) is -0.0897. The smallest absolute Gasteiger partial charge is 0.294 e. The number of Topliss-reactive ketones (excluding diaryl/α,β-unsaturated/α-hetero) is 1. The number of halogens is 3. The summed E-state index contributed by atoms with van der Waals surface area (Å²) >= 11 is 1.19. The molecule has 19 heavy (non-hydrogen) atoms. The molecule has 0 atom stereocenters. The van der Waals surface area contributed by atoms with Gasteiger partial charge in [-0.3, -0.25) is 4.79 Å². The van der Waals surface area contributed by atoms with Crippen molar-refractivity contribution in [3.05, 3.63) is 40.4 Å². The minimum Gasteiger partial charge on any atom is -0.294 e. The van der Waals surface area contributed by atoms with E-state index >= 15 is 0 Å². The van der Waals surface area contributed by atoms with E-state index in [1.54, 1.807) is 6.92 Å². The second-order valence-corrected chi connectivity index (χ2v) is 5.06. The van der Waals surface area contributed by atoms with E-state index in [1.807, 2.05) is 0 Å². The molecule has 0 amide bonds. The van der Waals surface area contributed by atoms with E-state index in [1.165, 1.54) is 30.4 Å². The molecule has 2 nitrogen and oxygen atoms in total. The first-order valence-corrected chi connectivity index (χ1v) is 6.26. The summed E-state index contributed by atoms with van der Waals surface area (Å²) in [7, 11) is 0. The number of hydrogen-bond donors (Lipinski definition) is 0. The molecule has 0 saturated heterocycles. The van der Waals surface area contributed by atoms with E-state index in [4.69, 9.17) is 0 Å². The Morgan fingerprint density at radius 3 is 2.21 bits per heavy atom. The van der Waals surface area contributed by atoms with Crippen molar-refractivity contribution in [3.63, 3.8) is 0 Å². The molecule has 1 heterocycles. The van der Waals surface area contributed by atoms with Gasteiger partial charge in [-0.2, -0.15) is 13.2 Å². The molecule has 0 aliphatic carbocycles. The molecule has 0 fully saturated rings. The summed E-state index contributed by atoms with van der Waals surface area (Å²) in [5, 5.41) is 0.552. The molecule has 0 bridgehead atoms. The molecule has 100 valence electrons. The second kappa shape index (κ2) is 4.77. The zero-order chi connectivity index (χ0) is 14.2. The van der Waals surface area contributed by atoms with Gasteiger partial charge in [0, 0.05) is 12.5 Å². The van der Waals surface area contributed by atoms with Crippen LogP contribution in [0.5, 0.6) is 0 Å². The molecule has 0 N–H and O–H groups in total. The summed E-state index contributed by atoms with van der Waals surface area (Å²) in [6, 6.07) is 4.76. The Kier molecular flexibility index (Phi) is 3.45. The standard InChI is InChI=1S/C13H10F3NOS/c1-7-11(8(2)18)19-12(17-7)9-3-5-10(6-4-9)13(14,15)16/h3-6H,1-2H3. The quantitative estimate of drug-likeness (QED) is 0.768. The van der Waals surface area contributed by atoms with Crippen molar-refractivity contribution in [3.8, 4) is 10.6 Å². The van der Waals surface area contributed by atoms with Crippen molar-refractivity contribution in [2.24, 2.45) is 0 Å². The van der Waals surface area contributed by atoms with Gasteiger partial charge in [0.25, 0.3) is 0 Å². The number of rotatable bonds is 2. The third-order valence-electron chi connectivity index (χ3n) is 2.58. The Labute approximate surface area is 111 Å². The van der Waals surface area contributed by atoms with E-state index in [2.05, 4.69) is 4.98 Å². The van der Waals surface area contributed by atoms with Gasteiger partial charge in [-0.05, 0) is 19.1 Å². The Morgan fingerprint density at radius 2 is 1.79 bits per heavy atom. The first-order valence-electron chi connectivity index (χ1n) is 5.45. The van der Waals surface area contributed by atoms with Gasteiger partial charge < -0.3 is 0 Å². The molecule has 2 aromatic rings. The maximum Gasteiger partial charge on any atom is 0.416 e. The van der Waals surface area contributed by atoms with Crippen LogP contribution in [0.2, 0.25) is 0 Å². The summed E-state index contributed by atoms with van der Waals surface area (Å²) in [6.45, 7) is 3.15. The predicted molar refractivity (Wildman–Crippen MR) is 67.3 cm³/mol. The molecule has 1 aromatic carbocycles. The number of ketones is 1. The lowest BCUT2D eigenvalue weighted by Gasteiger charge is -2.06. The van der Waals surface area contributed by atoms with E-state index < -0.39 is 11.7 Å². The maximum absolute atomic E-state index is 12.4. The number of nitrogens with zero attached hydrogens (tertiary/aromatic N) is 1. The Morgan fingerprint density at radius 1 is 1.21 bits per heavy atom. The monoisotopic (exact) mass is 285 g/mol. The average Bonchev–Trinajstić information content (AvgIpc) is 2.70. The third kappa shape index (κ3) is 2.84. The highest BCUT2D eigenvalue weighted by molar-refractivity contribution is 7.17. The highest BCUT2D eigenvalue weighted by Crippen LogP contribution is 2.32. The van der Waals surface area contributed by atoms with Crippen LogP contribution in [0, 0.1) is 6.92 Å². The molecule has 0 unspecified atom stereocenters. The van der Waals surface area contributed by atoms with Crippen molar-refractivity contribution in [2.45, 2.75) is 20.0 Å². The first-order chi connectivity index (χ1) is 8.79. The fourth-order valence-corrected chi connectivity index (χ4v) is 2.62. The number of thiazole rings is 1. The number of aromatic nitrogens is 1. The van der Waals surface area contributed by atoms with Gasteiger partial charge in [0.05, 0.1) is 16.1 Å². The zero-order valence-electron chi connectivity index (χ0n) is 10.2. The van der Waals surface area contributed by atoms with Crippen LogP contribution < -0.4 is 0 Å². The van der Waals surface area contributed by atoms with Crippen LogP contribution >= 0.6 is 11.3 Å². The van der Waals surface area contributed by atoms with Crippen LogP contribution in [0.4, 0.5) is 13.2 Å². The van der Waals surface area contributed by atoms with Crippen LogP contribution in [-0.2, 0) is 6.18 Å². The predicted octanol–water partition coefficient (Wildman–Crippen LogP) is 4.34. The third-order valence-corrected chi connectivity index (χ3v) is 3.88. The summed E-state index contributed by atoms with van der Waals surface area (Å²) in [6.07, 6.45) is -4.35. The van der Waals surface area contributed by atoms with Crippen LogP contribution in [-0.4, -0.2) is 10.8 Å². The van der Waals surface area contributed by atoms with Crippen molar-refractivity contribution in [1.29, 1.82) is 0 Å². The van der Waals surface area contributed by atoms with E-state index in [0.717, 1.165) is 12.1 Å². The number of benzene rings is 1. The first kappa shape index (κ1) is 13.7. The Hall–Kier alpha value is -1.69. The van der Waals surface area contributed by atoms with Gasteiger partial charge in [0.1, 0.15) is 5.01 Å². The molecule has 0 saturated carbocycles. The van der Waals surface area contributed by atoms with Crippen LogP contribution in [0.25, 0.3) is 10.6 Å². The van der Waals surface area contributed by atoms with Crippen LogP contribution in [0.15, 0.2) is 24.3 Å². The molecule has 2 rings (SSSR count). The number of hydrogen-bond acceptors (Lipinski definition) is 3. The average molecular weight is 285 g/mol. The topological polar surface area (TPSA) is 30.0 Å². The van der Waals surface area contributed by atoms with E-state index in [-0.39, 0.29) is 5.78 Å². The molecular weight excluding hydrogens is 275 g/mol. The van der Waals surface area contributed by atoms with Gasteiger partial charge in [-0.15, -0.1) is 11.3 Å². The Balaban J connectivity index is 2.38. The van der Waals surface area contributed by atoms with Crippen LogP contribution in [0.3, 0.4) is 0 Å². The molecular formula is C13H10F3NOS. The van der Waals surface area contributed by atoms with Crippen molar-refractivity contribution < 1.29 is 18.0 Å². The fourth-order valence-electron chi connectivity index (χ4n) is 1.65. The summed E-state index contributed by atoms with van der Waals surface area (Å²) in [4.78, 5) is 16.1. The molecule has 6 heteroatoms. The highest BCUT2D eigenvalue weighted by Gasteiger charge is 2.30. The normalized spacial score (nSPS) is 11.6. The lowest BCUT2D eigenvalue weighted by atomic mass is 10.1. The minimum atomic E-state index is -4.35. The lowest BCUT2D eigenvalue weighted by Crippen LogP contribution is -2.03. The van der Waals surface area contributed by atoms with Crippen LogP contribution in [0.1, 0.15) is 27.9 Å². The van der Waals surface area contributed by atoms with Gasteiger partial charge >= 0.3 is 6.18 Å². The lowest BCUT2D eigenvalue weighted by molar-refractivity contribution is -0.137. The molecule has 1 aromatic heterocycles. The Bertz CT molecular complexity index is 614. The van der Waals surface area contributed by atoms with E-state index in [0.29, 0.717) is 21.1 Å². The summed E-state index contributed by atoms with van der Waals surface area (Å²) in [5.41, 5.74) is 0.484. The highest BCUT2D eigenvalue weighted by atomic mass is 32.1. The summed E-state index contributed by atoms with van der Waals surface area (Å²) < 4.78 is 37.3. The van der Waals surface area contributed by atoms with Gasteiger partial charge in [0.15, 0.2) is 5.78 Å². The van der Waals surface area contributed by atoms with Crippen molar-refractivity contribution in [1.82, 2.24) is 4.98 Å². The van der Waals surface area contributed by atoms with Crippen molar-refractivity contribution >= 4 is 17.1 Å². The SMILES string of the molecule is CC(=O)c1sc(-c2ccc(C(F)(F)F)cc2)nc1C.